The molecule has 12 heteroatoms. The molecule has 0 atom stereocenters. The van der Waals surface area contributed by atoms with Crippen molar-refractivity contribution in [3.05, 3.63) is 76.0 Å². The zero-order chi connectivity index (χ0) is 29.2. The second kappa shape index (κ2) is 14.9. The Bertz CT molecular complexity index is 1390. The van der Waals surface area contributed by atoms with Gasteiger partial charge in [-0.1, -0.05) is 22.8 Å². The molecule has 0 amide bonds. The fraction of sp³-hybridized carbons (Fsp3) is 0.414. The van der Waals surface area contributed by atoms with Crippen LogP contribution in [0.3, 0.4) is 0 Å². The molecule has 0 aliphatic carbocycles. The first-order valence-electron chi connectivity index (χ1n) is 13.4. The van der Waals surface area contributed by atoms with Gasteiger partial charge in [0.05, 0.1) is 49.7 Å². The molecule has 9 nitrogen and oxygen atoms in total. The van der Waals surface area contributed by atoms with Gasteiger partial charge >= 0.3 is 5.97 Å². The maximum Gasteiger partial charge on any atom is 0.337 e. The molecule has 41 heavy (non-hydrogen) atoms. The number of aromatic nitrogens is 2. The molecule has 0 unspecified atom stereocenters. The van der Waals surface area contributed by atoms with Gasteiger partial charge in [-0.15, -0.1) is 0 Å². The highest BCUT2D eigenvalue weighted by molar-refractivity contribution is 6.30. The minimum absolute atomic E-state index is 0.0115. The van der Waals surface area contributed by atoms with Crippen LogP contribution < -0.4 is 5.73 Å². The standard InChI is InChI=1S/C29H34ClF2N5O4/c1-39-29(38)21-3-5-26-27(16-21)37(13-15-40-14-9-31)28(35-26)18-36-11-7-20(8-12-36)25(33)6-10-34-41-19-22-2-4-23(30)17-24(22)32/h2-6,10,16-17,20H,7-9,11-15,18-19,33H2,1H3/b25-6-,34-10+. The number of likely N-dealkylation sites (tertiary alicyclic amines) is 1. The number of oxime groups is 1. The van der Waals surface area contributed by atoms with E-state index < -0.39 is 18.5 Å². The number of allylic oxidation sites excluding steroid dienone is 2. The number of carbonyl (C=O) groups excluding carboxylic acids is 1. The number of hydrogen-bond donors (Lipinski definition) is 1. The second-order valence-electron chi connectivity index (χ2n) is 9.66. The van der Waals surface area contributed by atoms with Crippen LogP contribution in [0.15, 0.2) is 53.3 Å². The summed E-state index contributed by atoms with van der Waals surface area (Å²) in [6, 6.07) is 9.65. The van der Waals surface area contributed by atoms with E-state index in [0.29, 0.717) is 41.5 Å². The summed E-state index contributed by atoms with van der Waals surface area (Å²) >= 11 is 5.76. The molecule has 1 saturated heterocycles. The Morgan fingerprint density at radius 2 is 2.02 bits per heavy atom. The van der Waals surface area contributed by atoms with Crippen LogP contribution in [0.5, 0.6) is 0 Å². The lowest BCUT2D eigenvalue weighted by Gasteiger charge is -2.32. The molecule has 0 radical (unpaired) electrons. The smallest absolute Gasteiger partial charge is 0.337 e. The second-order valence-corrected chi connectivity index (χ2v) is 10.1. The topological polar surface area (TPSA) is 104 Å². The van der Waals surface area contributed by atoms with E-state index in [1.54, 1.807) is 36.4 Å². The number of nitrogens with two attached hydrogens (primary N) is 1. The first kappa shape index (κ1) is 30.4. The number of carbonyl (C=O) groups is 1. The SMILES string of the molecule is COC(=O)c1ccc2nc(CN3CCC(/C(N)=C/C=N/OCc4ccc(Cl)cc4F)CC3)n(CCOCCF)c2c1. The third-order valence-corrected chi connectivity index (χ3v) is 7.23. The van der Waals surface area contributed by atoms with Crippen molar-refractivity contribution in [2.75, 3.05) is 40.1 Å². The number of alkyl halides is 1. The minimum Gasteiger partial charge on any atom is -0.465 e. The van der Waals surface area contributed by atoms with Gasteiger partial charge in [0.1, 0.15) is 24.9 Å². The predicted molar refractivity (Wildman–Crippen MR) is 153 cm³/mol. The van der Waals surface area contributed by atoms with Crippen molar-refractivity contribution in [2.45, 2.75) is 32.5 Å². The summed E-state index contributed by atoms with van der Waals surface area (Å²) < 4.78 is 38.6. The number of esters is 1. The molecule has 4 rings (SSSR count). The first-order chi connectivity index (χ1) is 19.9. The minimum atomic E-state index is -0.543. The fourth-order valence-electron chi connectivity index (χ4n) is 4.77. The lowest BCUT2D eigenvalue weighted by Crippen LogP contribution is -2.35. The van der Waals surface area contributed by atoms with Crippen molar-refractivity contribution >= 4 is 34.8 Å². The Morgan fingerprint density at radius 1 is 1.22 bits per heavy atom. The molecule has 3 aromatic rings. The monoisotopic (exact) mass is 589 g/mol. The third-order valence-electron chi connectivity index (χ3n) is 6.99. The number of imidazole rings is 1. The van der Waals surface area contributed by atoms with Crippen LogP contribution in [0.4, 0.5) is 8.78 Å². The largest absolute Gasteiger partial charge is 0.465 e. The van der Waals surface area contributed by atoms with E-state index in [2.05, 4.69) is 10.1 Å². The van der Waals surface area contributed by atoms with Crippen molar-refractivity contribution in [1.29, 1.82) is 0 Å². The lowest BCUT2D eigenvalue weighted by atomic mass is 9.93. The van der Waals surface area contributed by atoms with Gasteiger partial charge in [-0.25, -0.2) is 18.6 Å². The Hall–Kier alpha value is -3.54. The van der Waals surface area contributed by atoms with Gasteiger partial charge in [-0.05, 0) is 62.3 Å². The van der Waals surface area contributed by atoms with E-state index in [9.17, 15) is 13.6 Å². The van der Waals surface area contributed by atoms with Gasteiger partial charge in [0.15, 0.2) is 0 Å². The summed E-state index contributed by atoms with van der Waals surface area (Å²) in [5.41, 5.74) is 9.38. The first-order valence-corrected chi connectivity index (χ1v) is 13.8. The van der Waals surface area contributed by atoms with E-state index in [-0.39, 0.29) is 19.1 Å². The highest BCUT2D eigenvalue weighted by Crippen LogP contribution is 2.25. The normalized spacial score (nSPS) is 15.2. The number of halogens is 3. The molecule has 0 bridgehead atoms. The zero-order valence-electron chi connectivity index (χ0n) is 22.9. The molecule has 2 heterocycles. The van der Waals surface area contributed by atoms with Crippen molar-refractivity contribution in [2.24, 2.45) is 16.8 Å². The number of rotatable bonds is 13. The van der Waals surface area contributed by atoms with Crippen LogP contribution in [-0.4, -0.2) is 66.7 Å². The molecule has 0 saturated carbocycles. The quantitative estimate of drug-likeness (QED) is 0.131. The van der Waals surface area contributed by atoms with Crippen LogP contribution >= 0.6 is 11.6 Å². The van der Waals surface area contributed by atoms with Crippen LogP contribution in [0.1, 0.15) is 34.6 Å². The Morgan fingerprint density at radius 3 is 2.76 bits per heavy atom. The molecular formula is C29H34ClF2N5O4. The van der Waals surface area contributed by atoms with E-state index in [0.717, 1.165) is 42.8 Å². The average molecular weight is 590 g/mol. The molecule has 2 N–H and O–H groups in total. The molecule has 1 aromatic heterocycles. The maximum absolute atomic E-state index is 13.8. The summed E-state index contributed by atoms with van der Waals surface area (Å²) in [6.45, 7) is 2.53. The predicted octanol–water partition coefficient (Wildman–Crippen LogP) is 4.86. The number of methoxy groups -OCH3 is 1. The molecule has 1 aliphatic heterocycles. The summed E-state index contributed by atoms with van der Waals surface area (Å²) in [5.74, 6) is 0.173. The van der Waals surface area contributed by atoms with Crippen LogP contribution in [0.25, 0.3) is 11.0 Å². The number of hydrogen-bond acceptors (Lipinski definition) is 8. The maximum atomic E-state index is 13.8. The Kier molecular flexibility index (Phi) is 11.1. The number of nitrogens with zero attached hydrogens (tertiary/aromatic N) is 4. The van der Waals surface area contributed by atoms with Gasteiger partial charge in [0.2, 0.25) is 0 Å². The van der Waals surface area contributed by atoms with Gasteiger partial charge in [-0.2, -0.15) is 0 Å². The molecule has 1 fully saturated rings. The van der Waals surface area contributed by atoms with E-state index in [4.69, 9.17) is 36.6 Å². The van der Waals surface area contributed by atoms with Crippen molar-refractivity contribution in [1.82, 2.24) is 14.5 Å². The Labute approximate surface area is 242 Å². The van der Waals surface area contributed by atoms with Crippen LogP contribution in [0, 0.1) is 11.7 Å². The molecule has 1 aliphatic rings. The summed E-state index contributed by atoms with van der Waals surface area (Å²) in [7, 11) is 1.34. The van der Waals surface area contributed by atoms with Gasteiger partial charge in [0, 0.05) is 28.7 Å². The number of fused-ring (bicyclic) bond motifs is 1. The van der Waals surface area contributed by atoms with Crippen LogP contribution in [0.2, 0.25) is 5.02 Å². The average Bonchev–Trinajstić information content (AvgIpc) is 3.31. The number of benzene rings is 2. The number of piperidine rings is 1. The summed E-state index contributed by atoms with van der Waals surface area (Å²) in [5, 5.41) is 4.19. The van der Waals surface area contributed by atoms with E-state index >= 15 is 0 Å². The number of ether oxygens (including phenoxy) is 2. The molecule has 0 spiro atoms. The Balaban J connectivity index is 1.34. The summed E-state index contributed by atoms with van der Waals surface area (Å²) in [6.07, 6.45) is 4.92. The molecular weight excluding hydrogens is 556 g/mol. The molecule has 2 aromatic carbocycles. The van der Waals surface area contributed by atoms with E-state index in [1.807, 2.05) is 4.57 Å². The van der Waals surface area contributed by atoms with Gasteiger partial charge in [0.25, 0.3) is 0 Å². The van der Waals surface area contributed by atoms with Crippen molar-refractivity contribution in [3.63, 3.8) is 0 Å². The summed E-state index contributed by atoms with van der Waals surface area (Å²) in [4.78, 5) is 24.4. The van der Waals surface area contributed by atoms with Gasteiger partial charge in [-0.3, -0.25) is 4.90 Å². The fourth-order valence-corrected chi connectivity index (χ4v) is 4.92. The highest BCUT2D eigenvalue weighted by Gasteiger charge is 2.23. The van der Waals surface area contributed by atoms with Crippen molar-refractivity contribution in [3.8, 4) is 0 Å². The van der Waals surface area contributed by atoms with Crippen LogP contribution in [-0.2, 0) is 34.0 Å². The van der Waals surface area contributed by atoms with Crippen molar-refractivity contribution < 1.29 is 27.9 Å². The van der Waals surface area contributed by atoms with E-state index in [1.165, 1.54) is 19.4 Å². The highest BCUT2D eigenvalue weighted by atomic mass is 35.5. The molecule has 220 valence electrons. The zero-order valence-corrected chi connectivity index (χ0v) is 23.7. The lowest BCUT2D eigenvalue weighted by molar-refractivity contribution is 0.0601. The third kappa shape index (κ3) is 8.25. The van der Waals surface area contributed by atoms with Gasteiger partial charge < -0.3 is 24.6 Å².